The van der Waals surface area contributed by atoms with Gasteiger partial charge in [-0.1, -0.05) is 24.4 Å². The van der Waals surface area contributed by atoms with E-state index >= 15 is 0 Å². The predicted molar refractivity (Wildman–Crippen MR) is 107 cm³/mol. The van der Waals surface area contributed by atoms with Gasteiger partial charge < -0.3 is 9.80 Å². The Labute approximate surface area is 164 Å². The lowest BCUT2D eigenvalue weighted by atomic mass is 10.1. The number of amides is 1. The summed E-state index contributed by atoms with van der Waals surface area (Å²) in [5.74, 6) is 3.08. The number of hydrogen-bond acceptors (Lipinski definition) is 4. The summed E-state index contributed by atoms with van der Waals surface area (Å²) in [4.78, 5) is 26.8. The number of piperazine rings is 1. The van der Waals surface area contributed by atoms with E-state index in [0.717, 1.165) is 61.6 Å². The lowest BCUT2D eigenvalue weighted by molar-refractivity contribution is -0.135. The van der Waals surface area contributed by atoms with Gasteiger partial charge in [0.05, 0.1) is 5.52 Å². The van der Waals surface area contributed by atoms with E-state index < -0.39 is 0 Å². The van der Waals surface area contributed by atoms with E-state index in [-0.39, 0.29) is 5.92 Å². The highest BCUT2D eigenvalue weighted by Crippen LogP contribution is 2.40. The molecule has 1 amide bonds. The molecule has 0 radical (unpaired) electrons. The molecular formula is C21H25ClN4O. The zero-order chi connectivity index (χ0) is 18.4. The fraction of sp³-hybridized carbons (Fsp3) is 0.571. The summed E-state index contributed by atoms with van der Waals surface area (Å²) < 4.78 is 0. The smallest absolute Gasteiger partial charge is 0.225 e. The van der Waals surface area contributed by atoms with Crippen LogP contribution < -0.4 is 4.90 Å². The van der Waals surface area contributed by atoms with Crippen LogP contribution in [0.2, 0.25) is 5.02 Å². The van der Waals surface area contributed by atoms with Crippen LogP contribution in [0.3, 0.4) is 0 Å². The fourth-order valence-electron chi connectivity index (χ4n) is 4.44. The number of benzene rings is 1. The van der Waals surface area contributed by atoms with Crippen molar-refractivity contribution in [3.05, 3.63) is 29.0 Å². The van der Waals surface area contributed by atoms with Crippen LogP contribution in [0.4, 0.5) is 5.82 Å². The first-order valence-electron chi connectivity index (χ1n) is 10.2. The molecule has 0 bridgehead atoms. The number of fused-ring (bicyclic) bond motifs is 1. The summed E-state index contributed by atoms with van der Waals surface area (Å²) in [6.45, 7) is 3.23. The van der Waals surface area contributed by atoms with Gasteiger partial charge in [-0.15, -0.1) is 0 Å². The first-order chi connectivity index (χ1) is 13.2. The van der Waals surface area contributed by atoms with E-state index in [0.29, 0.717) is 16.8 Å². The van der Waals surface area contributed by atoms with Gasteiger partial charge in [0, 0.05) is 48.4 Å². The molecular weight excluding hydrogens is 360 g/mol. The van der Waals surface area contributed by atoms with Gasteiger partial charge in [0.25, 0.3) is 0 Å². The van der Waals surface area contributed by atoms with E-state index in [4.69, 9.17) is 21.6 Å². The molecule has 2 aliphatic carbocycles. The molecule has 1 aromatic carbocycles. The normalized spacial score (nSPS) is 21.2. The summed E-state index contributed by atoms with van der Waals surface area (Å²) in [6.07, 6.45) is 6.90. The molecule has 3 aliphatic rings. The average molecular weight is 385 g/mol. The van der Waals surface area contributed by atoms with E-state index in [1.54, 1.807) is 0 Å². The topological polar surface area (TPSA) is 49.3 Å². The van der Waals surface area contributed by atoms with Crippen molar-refractivity contribution in [3.8, 4) is 0 Å². The molecule has 2 saturated carbocycles. The van der Waals surface area contributed by atoms with E-state index in [1.807, 2.05) is 18.2 Å². The Kier molecular flexibility index (Phi) is 4.43. The molecule has 27 heavy (non-hydrogen) atoms. The van der Waals surface area contributed by atoms with Gasteiger partial charge in [0.1, 0.15) is 11.6 Å². The molecule has 2 aromatic rings. The number of carbonyl (C=O) groups excluding carboxylic acids is 1. The highest BCUT2D eigenvalue weighted by Gasteiger charge is 2.31. The molecule has 5 rings (SSSR count). The molecule has 1 aliphatic heterocycles. The number of hydrogen-bond donors (Lipinski definition) is 0. The highest BCUT2D eigenvalue weighted by molar-refractivity contribution is 6.31. The molecule has 5 nitrogen and oxygen atoms in total. The first-order valence-corrected chi connectivity index (χ1v) is 10.6. The van der Waals surface area contributed by atoms with Gasteiger partial charge in [0.15, 0.2) is 0 Å². The third-order valence-electron chi connectivity index (χ3n) is 6.19. The summed E-state index contributed by atoms with van der Waals surface area (Å²) in [7, 11) is 0. The third kappa shape index (κ3) is 3.38. The standard InChI is InChI=1S/C21H25ClN4O/c22-16-7-8-17-18(13-16)23-19(14-5-6-14)24-20(17)25-9-11-26(12-10-25)21(27)15-3-1-2-4-15/h7-8,13-15H,1-6,9-12H2. The van der Waals surface area contributed by atoms with Crippen molar-refractivity contribution in [2.75, 3.05) is 31.1 Å². The van der Waals surface area contributed by atoms with Crippen molar-refractivity contribution >= 4 is 34.2 Å². The van der Waals surface area contributed by atoms with Crippen LogP contribution in [0.25, 0.3) is 10.9 Å². The van der Waals surface area contributed by atoms with Crippen LogP contribution in [0, 0.1) is 5.92 Å². The van der Waals surface area contributed by atoms with Crippen LogP contribution in [0.1, 0.15) is 50.3 Å². The Morgan fingerprint density at radius 2 is 1.74 bits per heavy atom. The van der Waals surface area contributed by atoms with Gasteiger partial charge in [-0.2, -0.15) is 0 Å². The van der Waals surface area contributed by atoms with Crippen LogP contribution >= 0.6 is 11.6 Å². The van der Waals surface area contributed by atoms with Crippen molar-refractivity contribution in [2.24, 2.45) is 5.92 Å². The van der Waals surface area contributed by atoms with Gasteiger partial charge >= 0.3 is 0 Å². The van der Waals surface area contributed by atoms with Crippen molar-refractivity contribution < 1.29 is 4.79 Å². The lowest BCUT2D eigenvalue weighted by Gasteiger charge is -2.37. The number of halogens is 1. The molecule has 0 unspecified atom stereocenters. The molecule has 2 heterocycles. The summed E-state index contributed by atoms with van der Waals surface area (Å²) >= 11 is 6.20. The number of aromatic nitrogens is 2. The summed E-state index contributed by atoms with van der Waals surface area (Å²) in [5.41, 5.74) is 0.930. The van der Waals surface area contributed by atoms with Crippen molar-refractivity contribution in [1.82, 2.24) is 14.9 Å². The monoisotopic (exact) mass is 384 g/mol. The summed E-state index contributed by atoms with van der Waals surface area (Å²) in [6, 6.07) is 5.88. The Balaban J connectivity index is 1.38. The fourth-order valence-corrected chi connectivity index (χ4v) is 4.60. The van der Waals surface area contributed by atoms with Crippen molar-refractivity contribution in [2.45, 2.75) is 44.4 Å². The third-order valence-corrected chi connectivity index (χ3v) is 6.43. The number of nitrogens with zero attached hydrogens (tertiary/aromatic N) is 4. The van der Waals surface area contributed by atoms with Crippen LogP contribution in [0.15, 0.2) is 18.2 Å². The maximum Gasteiger partial charge on any atom is 0.225 e. The number of rotatable bonds is 3. The summed E-state index contributed by atoms with van der Waals surface area (Å²) in [5, 5.41) is 1.76. The Morgan fingerprint density at radius 1 is 1.00 bits per heavy atom. The van der Waals surface area contributed by atoms with Crippen LogP contribution in [0.5, 0.6) is 0 Å². The second kappa shape index (κ2) is 6.93. The second-order valence-electron chi connectivity index (χ2n) is 8.13. The molecule has 0 atom stereocenters. The maximum atomic E-state index is 12.7. The molecule has 1 saturated heterocycles. The molecule has 0 spiro atoms. The van der Waals surface area contributed by atoms with Gasteiger partial charge in [-0.3, -0.25) is 4.79 Å². The molecule has 6 heteroatoms. The largest absolute Gasteiger partial charge is 0.352 e. The minimum atomic E-state index is 0.264. The average Bonchev–Trinajstić information content (AvgIpc) is 3.40. The Bertz CT molecular complexity index is 868. The highest BCUT2D eigenvalue weighted by atomic mass is 35.5. The lowest BCUT2D eigenvalue weighted by Crippen LogP contribution is -2.50. The van der Waals surface area contributed by atoms with Crippen LogP contribution in [-0.2, 0) is 4.79 Å². The molecule has 3 fully saturated rings. The number of carbonyl (C=O) groups is 1. The Hall–Kier alpha value is -1.88. The molecule has 0 N–H and O–H groups in total. The zero-order valence-electron chi connectivity index (χ0n) is 15.5. The van der Waals surface area contributed by atoms with E-state index in [9.17, 15) is 4.79 Å². The molecule has 1 aromatic heterocycles. The van der Waals surface area contributed by atoms with E-state index in [2.05, 4.69) is 9.80 Å². The quantitative estimate of drug-likeness (QED) is 0.802. The maximum absolute atomic E-state index is 12.7. The minimum Gasteiger partial charge on any atom is -0.352 e. The molecule has 142 valence electrons. The van der Waals surface area contributed by atoms with Gasteiger partial charge in [0.2, 0.25) is 5.91 Å². The van der Waals surface area contributed by atoms with Crippen molar-refractivity contribution in [1.29, 1.82) is 0 Å². The van der Waals surface area contributed by atoms with Gasteiger partial charge in [-0.05, 0) is 43.9 Å². The van der Waals surface area contributed by atoms with Crippen LogP contribution in [-0.4, -0.2) is 47.0 Å². The SMILES string of the molecule is O=C(C1CCCC1)N1CCN(c2nc(C3CC3)nc3cc(Cl)ccc23)CC1. The first kappa shape index (κ1) is 17.2. The second-order valence-corrected chi connectivity index (χ2v) is 8.57. The predicted octanol–water partition coefficient (Wildman–Crippen LogP) is 4.00. The van der Waals surface area contributed by atoms with E-state index in [1.165, 1.54) is 25.7 Å². The van der Waals surface area contributed by atoms with Gasteiger partial charge in [-0.25, -0.2) is 9.97 Å². The Morgan fingerprint density at radius 3 is 2.44 bits per heavy atom. The zero-order valence-corrected chi connectivity index (χ0v) is 16.3. The number of anilines is 1. The van der Waals surface area contributed by atoms with Crippen molar-refractivity contribution in [3.63, 3.8) is 0 Å². The minimum absolute atomic E-state index is 0.264.